The van der Waals surface area contributed by atoms with Crippen molar-refractivity contribution in [2.45, 2.75) is 19.4 Å². The maximum atomic E-state index is 12.6. The zero-order chi connectivity index (χ0) is 14.0. The highest BCUT2D eigenvalue weighted by molar-refractivity contribution is 6.19. The predicted octanol–water partition coefficient (Wildman–Crippen LogP) is 3.93. The van der Waals surface area contributed by atoms with E-state index in [1.54, 1.807) is 11.9 Å². The number of carbonyl (C=O) groups excluding carboxylic acids is 1. The molecule has 3 heteroatoms. The van der Waals surface area contributed by atoms with Crippen molar-refractivity contribution in [1.29, 1.82) is 0 Å². The Balaban J connectivity index is 2.48. The molecule has 0 aliphatic rings. The van der Waals surface area contributed by atoms with Gasteiger partial charge in [0.25, 0.3) is 5.91 Å². The number of amides is 1. The first-order valence-corrected chi connectivity index (χ1v) is 6.83. The van der Waals surface area contributed by atoms with Crippen molar-refractivity contribution in [3.8, 4) is 0 Å². The normalized spacial score (nSPS) is 11.6. The van der Waals surface area contributed by atoms with Crippen molar-refractivity contribution in [3.05, 3.63) is 48.0 Å². The smallest absolute Gasteiger partial charge is 0.254 e. The Hall–Kier alpha value is -1.54. The summed E-state index contributed by atoms with van der Waals surface area (Å²) < 4.78 is 0. The zero-order valence-electron chi connectivity index (χ0n) is 11.5. The number of fused-ring (bicyclic) bond motifs is 1. The SMILES string of the molecule is CN(C(=O)c1cccc2ccccc12)C(C)(C)CCl. The zero-order valence-corrected chi connectivity index (χ0v) is 12.2. The van der Waals surface area contributed by atoms with Gasteiger partial charge in [-0.3, -0.25) is 4.79 Å². The molecule has 0 fully saturated rings. The van der Waals surface area contributed by atoms with Crippen LogP contribution in [0.2, 0.25) is 0 Å². The summed E-state index contributed by atoms with van der Waals surface area (Å²) in [6.45, 7) is 3.92. The van der Waals surface area contributed by atoms with Gasteiger partial charge in [0.05, 0.1) is 5.54 Å². The predicted molar refractivity (Wildman–Crippen MR) is 80.8 cm³/mol. The lowest BCUT2D eigenvalue weighted by atomic mass is 10.0. The van der Waals surface area contributed by atoms with Crippen molar-refractivity contribution < 1.29 is 4.79 Å². The lowest BCUT2D eigenvalue weighted by molar-refractivity contribution is 0.0662. The van der Waals surface area contributed by atoms with Gasteiger partial charge >= 0.3 is 0 Å². The summed E-state index contributed by atoms with van der Waals surface area (Å²) in [4.78, 5) is 14.3. The van der Waals surface area contributed by atoms with Gasteiger partial charge in [-0.2, -0.15) is 0 Å². The van der Waals surface area contributed by atoms with E-state index >= 15 is 0 Å². The van der Waals surface area contributed by atoms with E-state index in [1.165, 1.54) is 0 Å². The van der Waals surface area contributed by atoms with E-state index in [-0.39, 0.29) is 11.4 Å². The van der Waals surface area contributed by atoms with E-state index in [1.807, 2.05) is 56.3 Å². The standard InChI is InChI=1S/C16H18ClNO/c1-16(2,11-17)18(3)15(19)14-10-6-8-12-7-4-5-9-13(12)14/h4-10H,11H2,1-3H3. The van der Waals surface area contributed by atoms with Crippen LogP contribution < -0.4 is 0 Å². The van der Waals surface area contributed by atoms with E-state index < -0.39 is 0 Å². The van der Waals surface area contributed by atoms with Crippen LogP contribution in [-0.2, 0) is 0 Å². The third-order valence-electron chi connectivity index (χ3n) is 3.56. The Kier molecular flexibility index (Phi) is 3.81. The van der Waals surface area contributed by atoms with Crippen LogP contribution in [0.4, 0.5) is 0 Å². The van der Waals surface area contributed by atoms with Crippen molar-refractivity contribution >= 4 is 28.3 Å². The van der Waals surface area contributed by atoms with E-state index in [0.717, 1.165) is 16.3 Å². The first kappa shape index (κ1) is 13.9. The molecule has 0 spiro atoms. The van der Waals surface area contributed by atoms with Crippen LogP contribution in [0, 0.1) is 0 Å². The van der Waals surface area contributed by atoms with Gasteiger partial charge < -0.3 is 4.90 Å². The van der Waals surface area contributed by atoms with Gasteiger partial charge in [0.15, 0.2) is 0 Å². The monoisotopic (exact) mass is 275 g/mol. The summed E-state index contributed by atoms with van der Waals surface area (Å²) in [5.74, 6) is 0.405. The third-order valence-corrected chi connectivity index (χ3v) is 4.21. The van der Waals surface area contributed by atoms with Gasteiger partial charge in [-0.25, -0.2) is 0 Å². The van der Waals surface area contributed by atoms with E-state index in [9.17, 15) is 4.79 Å². The average molecular weight is 276 g/mol. The molecule has 0 atom stereocenters. The highest BCUT2D eigenvalue weighted by Crippen LogP contribution is 2.23. The fourth-order valence-corrected chi connectivity index (χ4v) is 2.14. The summed E-state index contributed by atoms with van der Waals surface area (Å²) in [6.07, 6.45) is 0. The molecule has 2 nitrogen and oxygen atoms in total. The fourth-order valence-electron chi connectivity index (χ4n) is 1.96. The maximum absolute atomic E-state index is 12.6. The second kappa shape index (κ2) is 5.22. The van der Waals surface area contributed by atoms with Crippen molar-refractivity contribution in [1.82, 2.24) is 4.90 Å². The average Bonchev–Trinajstić information content (AvgIpc) is 2.45. The number of nitrogens with zero attached hydrogens (tertiary/aromatic N) is 1. The highest BCUT2D eigenvalue weighted by atomic mass is 35.5. The van der Waals surface area contributed by atoms with E-state index in [2.05, 4.69) is 0 Å². The third kappa shape index (κ3) is 2.59. The molecule has 2 aromatic rings. The number of carbonyl (C=O) groups is 1. The van der Waals surface area contributed by atoms with Gasteiger partial charge in [0.2, 0.25) is 0 Å². The largest absolute Gasteiger partial charge is 0.335 e. The molecular weight excluding hydrogens is 258 g/mol. The summed E-state index contributed by atoms with van der Waals surface area (Å²) in [7, 11) is 1.80. The molecule has 0 N–H and O–H groups in total. The molecule has 2 aromatic carbocycles. The van der Waals surface area contributed by atoms with Crippen molar-refractivity contribution in [3.63, 3.8) is 0 Å². The fraction of sp³-hybridized carbons (Fsp3) is 0.312. The molecule has 0 aliphatic heterocycles. The minimum absolute atomic E-state index is 0.00227. The van der Waals surface area contributed by atoms with Crippen molar-refractivity contribution in [2.24, 2.45) is 0 Å². The van der Waals surface area contributed by atoms with Gasteiger partial charge in [0, 0.05) is 18.5 Å². The van der Waals surface area contributed by atoms with Crippen molar-refractivity contribution in [2.75, 3.05) is 12.9 Å². The number of hydrogen-bond acceptors (Lipinski definition) is 1. The summed E-state index contributed by atoms with van der Waals surface area (Å²) in [6, 6.07) is 13.7. The summed E-state index contributed by atoms with van der Waals surface area (Å²) in [5, 5.41) is 2.05. The lowest BCUT2D eigenvalue weighted by Crippen LogP contribution is -2.46. The molecule has 1 amide bonds. The molecule has 0 radical (unpaired) electrons. The number of halogens is 1. The Morgan fingerprint density at radius 2 is 1.79 bits per heavy atom. The molecule has 0 saturated carbocycles. The van der Waals surface area contributed by atoms with Crippen LogP contribution >= 0.6 is 11.6 Å². The Bertz CT molecular complexity index is 601. The van der Waals surface area contributed by atoms with Gasteiger partial charge in [-0.1, -0.05) is 36.4 Å². The second-order valence-electron chi connectivity index (χ2n) is 5.34. The molecule has 0 heterocycles. The van der Waals surface area contributed by atoms with E-state index in [4.69, 9.17) is 11.6 Å². The Morgan fingerprint density at radius 1 is 1.16 bits per heavy atom. The molecule has 0 unspecified atom stereocenters. The maximum Gasteiger partial charge on any atom is 0.254 e. The summed E-state index contributed by atoms with van der Waals surface area (Å²) in [5.41, 5.74) is 0.356. The Morgan fingerprint density at radius 3 is 2.47 bits per heavy atom. The highest BCUT2D eigenvalue weighted by Gasteiger charge is 2.28. The number of rotatable bonds is 3. The van der Waals surface area contributed by atoms with Crippen LogP contribution in [0.1, 0.15) is 24.2 Å². The number of alkyl halides is 1. The minimum Gasteiger partial charge on any atom is -0.335 e. The summed E-state index contributed by atoms with van der Waals surface area (Å²) >= 11 is 5.94. The first-order chi connectivity index (χ1) is 8.97. The quantitative estimate of drug-likeness (QED) is 0.777. The van der Waals surface area contributed by atoms with Crippen LogP contribution in [0.5, 0.6) is 0 Å². The molecule has 100 valence electrons. The van der Waals surface area contributed by atoms with Gasteiger partial charge in [-0.05, 0) is 30.7 Å². The topological polar surface area (TPSA) is 20.3 Å². The van der Waals surface area contributed by atoms with Crippen LogP contribution in [-0.4, -0.2) is 29.3 Å². The molecular formula is C16H18ClNO. The molecule has 0 aromatic heterocycles. The molecule has 2 rings (SSSR count). The first-order valence-electron chi connectivity index (χ1n) is 6.29. The Labute approximate surface area is 119 Å². The molecule has 0 bridgehead atoms. The number of benzene rings is 2. The van der Waals surface area contributed by atoms with Crippen LogP contribution in [0.3, 0.4) is 0 Å². The number of hydrogen-bond donors (Lipinski definition) is 0. The molecule has 0 saturated heterocycles. The van der Waals surface area contributed by atoms with Gasteiger partial charge in [-0.15, -0.1) is 11.6 Å². The van der Waals surface area contributed by atoms with E-state index in [0.29, 0.717) is 5.88 Å². The molecule has 0 aliphatic carbocycles. The van der Waals surface area contributed by atoms with Gasteiger partial charge in [0.1, 0.15) is 0 Å². The lowest BCUT2D eigenvalue weighted by Gasteiger charge is -2.34. The van der Waals surface area contributed by atoms with Crippen LogP contribution in [0.25, 0.3) is 10.8 Å². The minimum atomic E-state index is -0.365. The molecule has 19 heavy (non-hydrogen) atoms. The van der Waals surface area contributed by atoms with Crippen LogP contribution in [0.15, 0.2) is 42.5 Å². The second-order valence-corrected chi connectivity index (χ2v) is 5.60.